The van der Waals surface area contributed by atoms with Gasteiger partial charge in [-0.05, 0) is 30.2 Å². The van der Waals surface area contributed by atoms with Crippen molar-refractivity contribution in [3.63, 3.8) is 0 Å². The van der Waals surface area contributed by atoms with Crippen LogP contribution in [0.2, 0.25) is 0 Å². The lowest BCUT2D eigenvalue weighted by molar-refractivity contribution is -0.136. The lowest BCUT2D eigenvalue weighted by Gasteiger charge is -2.36. The first kappa shape index (κ1) is 19.8. The topological polar surface area (TPSA) is 52.7 Å². The highest BCUT2D eigenvalue weighted by atomic mass is 19.1. The van der Waals surface area contributed by atoms with Crippen molar-refractivity contribution in [3.8, 4) is 0 Å². The monoisotopic (exact) mass is 387 g/mol. The van der Waals surface area contributed by atoms with Crippen molar-refractivity contribution in [2.75, 3.05) is 37.6 Å². The molecular weight excluding hydrogens is 364 g/mol. The van der Waals surface area contributed by atoms with Gasteiger partial charge < -0.3 is 15.1 Å². The lowest BCUT2D eigenvalue weighted by atomic mass is 10.1. The number of rotatable bonds is 6. The number of anilines is 1. The number of para-hydroxylation sites is 1. The number of hydrogen-bond acceptors (Lipinski definition) is 3. The van der Waals surface area contributed by atoms with Gasteiger partial charge in [0.1, 0.15) is 18.1 Å². The lowest BCUT2D eigenvalue weighted by Crippen LogP contribution is -2.49. The third kappa shape index (κ3) is 5.06. The highest BCUT2D eigenvalue weighted by molar-refractivity contribution is 5.97. The molecule has 0 radical (unpaired) electrons. The Labute approximate surface area is 162 Å². The summed E-state index contributed by atoms with van der Waals surface area (Å²) in [7, 11) is 0. The first-order valence-electron chi connectivity index (χ1n) is 9.32. The first-order chi connectivity index (χ1) is 13.5. The number of amides is 2. The minimum Gasteiger partial charge on any atom is -0.366 e. The molecule has 2 aromatic carbocycles. The van der Waals surface area contributed by atoms with Crippen LogP contribution >= 0.6 is 0 Å². The van der Waals surface area contributed by atoms with Gasteiger partial charge in [-0.25, -0.2) is 8.78 Å². The van der Waals surface area contributed by atoms with E-state index in [-0.39, 0.29) is 36.4 Å². The molecule has 2 amide bonds. The van der Waals surface area contributed by atoms with E-state index in [1.54, 1.807) is 41.3 Å². The Hall–Kier alpha value is -2.96. The molecule has 0 aliphatic carbocycles. The number of benzene rings is 2. The fourth-order valence-corrected chi connectivity index (χ4v) is 3.25. The fourth-order valence-electron chi connectivity index (χ4n) is 3.25. The second-order valence-corrected chi connectivity index (χ2v) is 6.69. The summed E-state index contributed by atoms with van der Waals surface area (Å²) in [5.74, 6) is -1.22. The van der Waals surface area contributed by atoms with Crippen LogP contribution in [0.3, 0.4) is 0 Å². The summed E-state index contributed by atoms with van der Waals surface area (Å²) < 4.78 is 27.4. The van der Waals surface area contributed by atoms with Crippen molar-refractivity contribution in [2.24, 2.45) is 0 Å². The zero-order valence-electron chi connectivity index (χ0n) is 15.5. The molecule has 0 spiro atoms. The van der Waals surface area contributed by atoms with Crippen LogP contribution in [0, 0.1) is 11.6 Å². The Bertz CT molecular complexity index is 836. The van der Waals surface area contributed by atoms with Gasteiger partial charge in [0.15, 0.2) is 0 Å². The number of nitrogens with zero attached hydrogens (tertiary/aromatic N) is 2. The van der Waals surface area contributed by atoms with Crippen molar-refractivity contribution in [1.82, 2.24) is 10.2 Å². The molecule has 7 heteroatoms. The zero-order valence-corrected chi connectivity index (χ0v) is 15.5. The van der Waals surface area contributed by atoms with Crippen LogP contribution < -0.4 is 10.2 Å². The molecular formula is C21H23F2N3O2. The van der Waals surface area contributed by atoms with Crippen LogP contribution in [0.25, 0.3) is 0 Å². The summed E-state index contributed by atoms with van der Waals surface area (Å²) in [5.41, 5.74) is 1.05. The molecule has 0 unspecified atom stereocenters. The van der Waals surface area contributed by atoms with E-state index in [2.05, 4.69) is 5.32 Å². The standard InChI is InChI=1S/C21H23F2N3O2/c22-17-6-2-1-5-16(17)9-10-24-20(27)15-21(28)26-13-11-25(12-14-26)19-8-4-3-7-18(19)23/h1-8H,9-15H2,(H,24,27). The second-order valence-electron chi connectivity index (χ2n) is 6.69. The molecule has 1 saturated heterocycles. The van der Waals surface area contributed by atoms with Gasteiger partial charge in [0.25, 0.3) is 0 Å². The van der Waals surface area contributed by atoms with Gasteiger partial charge in [-0.15, -0.1) is 0 Å². The average Bonchev–Trinajstić information content (AvgIpc) is 2.70. The molecule has 28 heavy (non-hydrogen) atoms. The summed E-state index contributed by atoms with van der Waals surface area (Å²) in [6.07, 6.45) is 0.130. The summed E-state index contributed by atoms with van der Waals surface area (Å²) in [6, 6.07) is 13.0. The third-order valence-electron chi connectivity index (χ3n) is 4.81. The minimum atomic E-state index is -0.377. The Morgan fingerprint density at radius 3 is 2.21 bits per heavy atom. The van der Waals surface area contributed by atoms with Crippen LogP contribution in [0.5, 0.6) is 0 Å². The maximum atomic E-state index is 13.9. The molecule has 0 atom stereocenters. The molecule has 0 bridgehead atoms. The predicted octanol–water partition coefficient (Wildman–Crippen LogP) is 2.36. The van der Waals surface area contributed by atoms with E-state index >= 15 is 0 Å². The summed E-state index contributed by atoms with van der Waals surface area (Å²) in [5, 5.41) is 2.66. The normalized spacial score (nSPS) is 14.1. The Morgan fingerprint density at radius 1 is 0.893 bits per heavy atom. The number of carbonyl (C=O) groups is 2. The molecule has 3 rings (SSSR count). The average molecular weight is 387 g/mol. The van der Waals surface area contributed by atoms with Crippen molar-refractivity contribution in [2.45, 2.75) is 12.8 Å². The van der Waals surface area contributed by atoms with E-state index in [0.717, 1.165) is 0 Å². The van der Waals surface area contributed by atoms with Gasteiger partial charge in [-0.1, -0.05) is 30.3 Å². The van der Waals surface area contributed by atoms with Gasteiger partial charge in [-0.3, -0.25) is 9.59 Å². The predicted molar refractivity (Wildman–Crippen MR) is 103 cm³/mol. The van der Waals surface area contributed by atoms with Crippen molar-refractivity contribution in [1.29, 1.82) is 0 Å². The van der Waals surface area contributed by atoms with E-state index < -0.39 is 0 Å². The maximum absolute atomic E-state index is 13.9. The van der Waals surface area contributed by atoms with E-state index in [1.165, 1.54) is 12.1 Å². The molecule has 0 saturated carbocycles. The number of piperazine rings is 1. The molecule has 1 aliphatic heterocycles. The van der Waals surface area contributed by atoms with E-state index in [9.17, 15) is 18.4 Å². The van der Waals surface area contributed by atoms with Crippen LogP contribution in [0.4, 0.5) is 14.5 Å². The van der Waals surface area contributed by atoms with Crippen LogP contribution in [0.15, 0.2) is 48.5 Å². The SMILES string of the molecule is O=C(CC(=O)N1CCN(c2ccccc2F)CC1)NCCc1ccccc1F. The highest BCUT2D eigenvalue weighted by Gasteiger charge is 2.24. The molecule has 148 valence electrons. The van der Waals surface area contributed by atoms with Crippen LogP contribution in [-0.2, 0) is 16.0 Å². The summed E-state index contributed by atoms with van der Waals surface area (Å²) in [4.78, 5) is 27.8. The fraction of sp³-hybridized carbons (Fsp3) is 0.333. The van der Waals surface area contributed by atoms with Gasteiger partial charge in [0.2, 0.25) is 11.8 Å². The maximum Gasteiger partial charge on any atom is 0.232 e. The minimum absolute atomic E-state index is 0.239. The molecule has 1 fully saturated rings. The van der Waals surface area contributed by atoms with Gasteiger partial charge in [0, 0.05) is 32.7 Å². The van der Waals surface area contributed by atoms with Gasteiger partial charge in [-0.2, -0.15) is 0 Å². The van der Waals surface area contributed by atoms with Crippen molar-refractivity contribution >= 4 is 17.5 Å². The van der Waals surface area contributed by atoms with Gasteiger partial charge in [0.05, 0.1) is 5.69 Å². The molecule has 5 nitrogen and oxygen atoms in total. The molecule has 1 N–H and O–H groups in total. The molecule has 1 heterocycles. The summed E-state index contributed by atoms with van der Waals surface area (Å²) in [6.45, 7) is 2.18. The number of halogens is 2. The van der Waals surface area contributed by atoms with Crippen molar-refractivity contribution < 1.29 is 18.4 Å². The van der Waals surface area contributed by atoms with Crippen LogP contribution in [0.1, 0.15) is 12.0 Å². The Balaban J connectivity index is 1.41. The number of hydrogen-bond donors (Lipinski definition) is 1. The number of nitrogens with one attached hydrogen (secondary N) is 1. The summed E-state index contributed by atoms with van der Waals surface area (Å²) >= 11 is 0. The van der Waals surface area contributed by atoms with Crippen molar-refractivity contribution in [3.05, 3.63) is 65.7 Å². The highest BCUT2D eigenvalue weighted by Crippen LogP contribution is 2.20. The van der Waals surface area contributed by atoms with E-state index in [1.807, 2.05) is 4.90 Å². The number of carbonyl (C=O) groups excluding carboxylic acids is 2. The quantitative estimate of drug-likeness (QED) is 0.775. The van der Waals surface area contributed by atoms with E-state index in [4.69, 9.17) is 0 Å². The Kier molecular flexibility index (Phi) is 6.57. The molecule has 1 aliphatic rings. The molecule has 2 aromatic rings. The third-order valence-corrected chi connectivity index (χ3v) is 4.81. The Morgan fingerprint density at radius 2 is 1.54 bits per heavy atom. The largest absolute Gasteiger partial charge is 0.366 e. The van der Waals surface area contributed by atoms with Crippen LogP contribution in [-0.4, -0.2) is 49.4 Å². The smallest absolute Gasteiger partial charge is 0.232 e. The first-order valence-corrected chi connectivity index (χ1v) is 9.32. The zero-order chi connectivity index (χ0) is 19.9. The molecule has 0 aromatic heterocycles. The van der Waals surface area contributed by atoms with Gasteiger partial charge >= 0.3 is 0 Å². The van der Waals surface area contributed by atoms with E-state index in [0.29, 0.717) is 43.9 Å². The second kappa shape index (κ2) is 9.30.